The monoisotopic (exact) mass is 227 g/mol. The van der Waals surface area contributed by atoms with Gasteiger partial charge in [-0.05, 0) is 31.4 Å². The van der Waals surface area contributed by atoms with Crippen LogP contribution in [0.4, 0.5) is 0 Å². The molecule has 1 heterocycles. The van der Waals surface area contributed by atoms with Gasteiger partial charge < -0.3 is 9.88 Å². The molecule has 0 fully saturated rings. The Bertz CT molecular complexity index is 236. The van der Waals surface area contributed by atoms with Crippen LogP contribution in [0.2, 0.25) is 0 Å². The molecule has 1 N–H and O–H groups in total. The van der Waals surface area contributed by atoms with Crippen molar-refractivity contribution in [1.82, 2.24) is 14.9 Å². The maximum absolute atomic E-state index is 4.36. The summed E-state index contributed by atoms with van der Waals surface area (Å²) in [6, 6.07) is 0. The molecule has 0 bridgehead atoms. The van der Waals surface area contributed by atoms with Crippen molar-refractivity contribution >= 4 is 11.8 Å². The molecule has 0 saturated heterocycles. The summed E-state index contributed by atoms with van der Waals surface area (Å²) >= 11 is 1.90. The van der Waals surface area contributed by atoms with Gasteiger partial charge >= 0.3 is 0 Å². The number of imidazole rings is 1. The summed E-state index contributed by atoms with van der Waals surface area (Å²) in [4.78, 5) is 4.36. The van der Waals surface area contributed by atoms with Crippen LogP contribution in [-0.2, 0) is 13.1 Å². The predicted molar refractivity (Wildman–Crippen MR) is 67.2 cm³/mol. The molecule has 1 aromatic rings. The lowest BCUT2D eigenvalue weighted by Crippen LogP contribution is -2.17. The minimum Gasteiger partial charge on any atom is -0.334 e. The Morgan fingerprint density at radius 1 is 1.53 bits per heavy atom. The van der Waals surface area contributed by atoms with E-state index in [1.54, 1.807) is 0 Å². The quantitative estimate of drug-likeness (QED) is 0.690. The molecule has 0 amide bonds. The standard InChI is InChI=1S/C11H21N3S/c1-3-5-12-10-11-13-6-8-14(11)7-4-9-15-2/h6,8,12H,3-5,7,9-10H2,1-2H3. The smallest absolute Gasteiger partial charge is 0.122 e. The third kappa shape index (κ3) is 4.71. The van der Waals surface area contributed by atoms with Crippen molar-refractivity contribution in [2.45, 2.75) is 32.9 Å². The van der Waals surface area contributed by atoms with Gasteiger partial charge in [0.25, 0.3) is 0 Å². The number of nitrogens with zero attached hydrogens (tertiary/aromatic N) is 2. The highest BCUT2D eigenvalue weighted by atomic mass is 32.2. The maximum Gasteiger partial charge on any atom is 0.122 e. The van der Waals surface area contributed by atoms with Gasteiger partial charge in [0.2, 0.25) is 0 Å². The van der Waals surface area contributed by atoms with Crippen molar-refractivity contribution in [3.63, 3.8) is 0 Å². The van der Waals surface area contributed by atoms with E-state index in [1.165, 1.54) is 18.6 Å². The molecule has 0 atom stereocenters. The maximum atomic E-state index is 4.36. The van der Waals surface area contributed by atoms with E-state index in [4.69, 9.17) is 0 Å². The summed E-state index contributed by atoms with van der Waals surface area (Å²) in [5, 5.41) is 3.38. The summed E-state index contributed by atoms with van der Waals surface area (Å²) in [5.41, 5.74) is 0. The topological polar surface area (TPSA) is 29.9 Å². The van der Waals surface area contributed by atoms with Crippen LogP contribution in [-0.4, -0.2) is 28.1 Å². The van der Waals surface area contributed by atoms with Gasteiger partial charge in [-0.1, -0.05) is 6.92 Å². The van der Waals surface area contributed by atoms with Gasteiger partial charge in [0.05, 0.1) is 6.54 Å². The molecule has 86 valence electrons. The van der Waals surface area contributed by atoms with Gasteiger partial charge in [-0.15, -0.1) is 0 Å². The van der Waals surface area contributed by atoms with E-state index < -0.39 is 0 Å². The molecule has 15 heavy (non-hydrogen) atoms. The second-order valence-corrected chi connectivity index (χ2v) is 4.55. The molecule has 0 aliphatic carbocycles. The number of nitrogens with one attached hydrogen (secondary N) is 1. The van der Waals surface area contributed by atoms with E-state index >= 15 is 0 Å². The number of rotatable bonds is 8. The van der Waals surface area contributed by atoms with E-state index in [2.05, 4.69) is 34.2 Å². The molecule has 3 nitrogen and oxygen atoms in total. The van der Waals surface area contributed by atoms with Gasteiger partial charge in [-0.2, -0.15) is 11.8 Å². The number of hydrogen-bond donors (Lipinski definition) is 1. The van der Waals surface area contributed by atoms with Gasteiger partial charge in [0.1, 0.15) is 5.82 Å². The minimum absolute atomic E-state index is 0.889. The average Bonchev–Trinajstić information content (AvgIpc) is 2.67. The van der Waals surface area contributed by atoms with Crippen molar-refractivity contribution in [3.05, 3.63) is 18.2 Å². The fourth-order valence-corrected chi connectivity index (χ4v) is 1.88. The largest absolute Gasteiger partial charge is 0.334 e. The first-order chi connectivity index (χ1) is 7.38. The van der Waals surface area contributed by atoms with Crippen LogP contribution in [0.3, 0.4) is 0 Å². The summed E-state index contributed by atoms with van der Waals surface area (Å²) < 4.78 is 2.25. The molecular formula is C11H21N3S. The van der Waals surface area contributed by atoms with Crippen molar-refractivity contribution < 1.29 is 0 Å². The summed E-state index contributed by atoms with van der Waals surface area (Å²) in [5.74, 6) is 2.38. The second-order valence-electron chi connectivity index (χ2n) is 3.56. The normalized spacial score (nSPS) is 10.8. The lowest BCUT2D eigenvalue weighted by Gasteiger charge is -2.07. The fraction of sp³-hybridized carbons (Fsp3) is 0.727. The second kappa shape index (κ2) is 7.77. The van der Waals surface area contributed by atoms with Crippen LogP contribution in [0.1, 0.15) is 25.6 Å². The highest BCUT2D eigenvalue weighted by Gasteiger charge is 2.00. The van der Waals surface area contributed by atoms with Crippen LogP contribution in [0.25, 0.3) is 0 Å². The van der Waals surface area contributed by atoms with Gasteiger partial charge in [-0.25, -0.2) is 4.98 Å². The van der Waals surface area contributed by atoms with Crippen molar-refractivity contribution in [3.8, 4) is 0 Å². The van der Waals surface area contributed by atoms with E-state index in [9.17, 15) is 0 Å². The zero-order valence-corrected chi connectivity index (χ0v) is 10.5. The van der Waals surface area contributed by atoms with E-state index in [0.717, 1.165) is 25.5 Å². The molecule has 0 spiro atoms. The molecule has 1 aromatic heterocycles. The third-order valence-electron chi connectivity index (χ3n) is 2.26. The molecule has 4 heteroatoms. The van der Waals surface area contributed by atoms with Gasteiger partial charge in [0, 0.05) is 18.9 Å². The zero-order chi connectivity index (χ0) is 10.9. The molecular weight excluding hydrogens is 206 g/mol. The average molecular weight is 227 g/mol. The Morgan fingerprint density at radius 3 is 3.13 bits per heavy atom. The minimum atomic E-state index is 0.889. The molecule has 0 unspecified atom stereocenters. The van der Waals surface area contributed by atoms with Crippen LogP contribution in [0.15, 0.2) is 12.4 Å². The van der Waals surface area contributed by atoms with Crippen LogP contribution in [0.5, 0.6) is 0 Å². The van der Waals surface area contributed by atoms with Gasteiger partial charge in [0.15, 0.2) is 0 Å². The Morgan fingerprint density at radius 2 is 2.40 bits per heavy atom. The summed E-state index contributed by atoms with van der Waals surface area (Å²) in [6.45, 7) is 5.22. The molecule has 1 rings (SSSR count). The number of thioether (sulfide) groups is 1. The summed E-state index contributed by atoms with van der Waals surface area (Å²) in [7, 11) is 0. The lowest BCUT2D eigenvalue weighted by atomic mass is 10.4. The molecule has 0 aromatic carbocycles. The Labute approximate surface area is 96.7 Å². The summed E-state index contributed by atoms with van der Waals surface area (Å²) in [6.07, 6.45) is 8.51. The van der Waals surface area contributed by atoms with Crippen molar-refractivity contribution in [2.75, 3.05) is 18.6 Å². The molecule has 0 aliphatic heterocycles. The third-order valence-corrected chi connectivity index (χ3v) is 2.96. The van der Waals surface area contributed by atoms with Crippen LogP contribution >= 0.6 is 11.8 Å². The Balaban J connectivity index is 2.32. The molecule has 0 radical (unpaired) electrons. The van der Waals surface area contributed by atoms with E-state index in [-0.39, 0.29) is 0 Å². The highest BCUT2D eigenvalue weighted by Crippen LogP contribution is 2.02. The van der Waals surface area contributed by atoms with E-state index in [1.807, 2.05) is 18.0 Å². The van der Waals surface area contributed by atoms with Crippen LogP contribution in [0, 0.1) is 0 Å². The Kier molecular flexibility index (Phi) is 6.52. The fourth-order valence-electron chi connectivity index (χ4n) is 1.47. The highest BCUT2D eigenvalue weighted by molar-refractivity contribution is 7.98. The first kappa shape index (κ1) is 12.6. The molecule has 0 aliphatic rings. The van der Waals surface area contributed by atoms with Crippen LogP contribution < -0.4 is 5.32 Å². The Hall–Kier alpha value is -0.480. The predicted octanol–water partition coefficient (Wildman–Crippen LogP) is 2.14. The lowest BCUT2D eigenvalue weighted by molar-refractivity contribution is 0.587. The number of hydrogen-bond acceptors (Lipinski definition) is 3. The van der Waals surface area contributed by atoms with Crippen molar-refractivity contribution in [2.24, 2.45) is 0 Å². The first-order valence-corrected chi connectivity index (χ1v) is 6.97. The van der Waals surface area contributed by atoms with Crippen molar-refractivity contribution in [1.29, 1.82) is 0 Å². The zero-order valence-electron chi connectivity index (χ0n) is 9.70. The number of aryl methyl sites for hydroxylation is 1. The number of aromatic nitrogens is 2. The first-order valence-electron chi connectivity index (χ1n) is 5.58. The van der Waals surface area contributed by atoms with E-state index in [0.29, 0.717) is 0 Å². The molecule has 0 saturated carbocycles. The SMILES string of the molecule is CCCNCc1nccn1CCCSC. The van der Waals surface area contributed by atoms with Gasteiger partial charge in [-0.3, -0.25) is 0 Å².